The van der Waals surface area contributed by atoms with E-state index in [2.05, 4.69) is 27.2 Å². The van der Waals surface area contributed by atoms with Crippen LogP contribution in [-0.2, 0) is 15.0 Å². The molecule has 1 saturated heterocycles. The number of rotatable bonds is 5. The Morgan fingerprint density at radius 2 is 2.10 bits per heavy atom. The lowest BCUT2D eigenvalue weighted by Gasteiger charge is -2.31. The lowest BCUT2D eigenvalue weighted by Crippen LogP contribution is -2.37. The van der Waals surface area contributed by atoms with Crippen LogP contribution < -0.4 is 10.2 Å². The van der Waals surface area contributed by atoms with Crippen molar-refractivity contribution in [3.8, 4) is 11.8 Å². The van der Waals surface area contributed by atoms with E-state index in [9.17, 15) is 14.0 Å². The summed E-state index contributed by atoms with van der Waals surface area (Å²) in [7, 11) is 0. The fourth-order valence-corrected chi connectivity index (χ4v) is 5.32. The van der Waals surface area contributed by atoms with Crippen LogP contribution in [0.4, 0.5) is 15.0 Å². The van der Waals surface area contributed by atoms with Crippen LogP contribution in [0.2, 0.25) is 0 Å². The van der Waals surface area contributed by atoms with Crippen molar-refractivity contribution in [1.82, 2.24) is 19.9 Å². The van der Waals surface area contributed by atoms with Crippen molar-refractivity contribution in [2.75, 3.05) is 18.1 Å². The molecule has 2 aliphatic rings. The summed E-state index contributed by atoms with van der Waals surface area (Å²) in [6.07, 6.45) is 4.44. The van der Waals surface area contributed by atoms with Crippen LogP contribution in [0.15, 0.2) is 36.7 Å². The maximum absolute atomic E-state index is 14.6. The predicted molar refractivity (Wildman–Crippen MR) is 143 cm³/mol. The molecule has 0 spiro atoms. The summed E-state index contributed by atoms with van der Waals surface area (Å²) in [5.74, 6) is 6.41. The zero-order chi connectivity index (χ0) is 27.9. The largest absolute Gasteiger partial charge is 0.462 e. The number of fused-ring (bicyclic) bond motifs is 2. The molecule has 3 heterocycles. The van der Waals surface area contributed by atoms with Gasteiger partial charge in [0.2, 0.25) is 0 Å². The minimum atomic E-state index is -0.613. The quantitative estimate of drug-likeness (QED) is 0.383. The predicted octanol–water partition coefficient (Wildman–Crippen LogP) is 4.44. The number of halogens is 1. The first-order chi connectivity index (χ1) is 18.5. The Bertz CT molecular complexity index is 1500. The number of esters is 1. The van der Waals surface area contributed by atoms with Crippen LogP contribution in [-0.4, -0.2) is 51.5 Å². The molecule has 1 amide bonds. The third-order valence-electron chi connectivity index (χ3n) is 6.99. The highest BCUT2D eigenvalue weighted by Gasteiger charge is 2.64. The molecule has 10 heteroatoms. The Kier molecular flexibility index (Phi) is 6.70. The van der Waals surface area contributed by atoms with Crippen LogP contribution in [0.5, 0.6) is 0 Å². The highest BCUT2D eigenvalue weighted by Crippen LogP contribution is 2.63. The van der Waals surface area contributed by atoms with E-state index >= 15 is 0 Å². The number of hydrogen-bond donors (Lipinski definition) is 1. The summed E-state index contributed by atoms with van der Waals surface area (Å²) in [6, 6.07) is 6.02. The van der Waals surface area contributed by atoms with Gasteiger partial charge in [0.15, 0.2) is 5.65 Å². The van der Waals surface area contributed by atoms with E-state index in [-0.39, 0.29) is 12.4 Å². The Hall–Kier alpha value is -4.13. The minimum absolute atomic E-state index is 0.252. The average molecular weight is 534 g/mol. The number of aromatic nitrogens is 3. The average Bonchev–Trinajstić information content (AvgIpc) is 3.24. The number of alkyl carbamates (subject to hydrolysis) is 1. The number of benzene rings is 1. The van der Waals surface area contributed by atoms with E-state index in [0.717, 1.165) is 24.9 Å². The maximum Gasteiger partial charge on any atom is 0.408 e. The molecule has 1 N–H and O–H groups in total. The Morgan fingerprint density at radius 3 is 2.82 bits per heavy atom. The van der Waals surface area contributed by atoms with Crippen LogP contribution in [0.3, 0.4) is 0 Å². The van der Waals surface area contributed by atoms with Gasteiger partial charge in [-0.3, -0.25) is 0 Å². The number of hydrogen-bond acceptors (Lipinski definition) is 7. The van der Waals surface area contributed by atoms with E-state index < -0.39 is 29.2 Å². The van der Waals surface area contributed by atoms with Crippen LogP contribution >= 0.6 is 0 Å². The van der Waals surface area contributed by atoms with E-state index in [1.165, 1.54) is 12.3 Å². The summed E-state index contributed by atoms with van der Waals surface area (Å²) in [5.41, 5.74) is 1.13. The van der Waals surface area contributed by atoms with E-state index in [0.29, 0.717) is 28.5 Å². The number of nitrogens with zero attached hydrogens (tertiary/aromatic N) is 4. The molecule has 2 fully saturated rings. The van der Waals surface area contributed by atoms with Gasteiger partial charge in [-0.15, -0.1) is 0 Å². The van der Waals surface area contributed by atoms with Crippen LogP contribution in [0.25, 0.3) is 5.65 Å². The van der Waals surface area contributed by atoms with Crippen molar-refractivity contribution in [3.05, 3.63) is 59.2 Å². The summed E-state index contributed by atoms with van der Waals surface area (Å²) in [6.45, 7) is 9.89. The summed E-state index contributed by atoms with van der Waals surface area (Å²) in [5, 5.41) is 6.95. The van der Waals surface area contributed by atoms with Crippen molar-refractivity contribution < 1.29 is 23.5 Å². The molecule has 0 bridgehead atoms. The first kappa shape index (κ1) is 26.5. The van der Waals surface area contributed by atoms with E-state index in [4.69, 9.17) is 14.5 Å². The fourth-order valence-electron chi connectivity index (χ4n) is 5.32. The van der Waals surface area contributed by atoms with E-state index in [1.54, 1.807) is 57.5 Å². The van der Waals surface area contributed by atoms with E-state index in [1.807, 2.05) is 6.07 Å². The monoisotopic (exact) mass is 533 g/mol. The smallest absolute Gasteiger partial charge is 0.408 e. The van der Waals surface area contributed by atoms with Gasteiger partial charge in [-0.1, -0.05) is 11.8 Å². The highest BCUT2D eigenvalue weighted by atomic mass is 19.1. The lowest BCUT2D eigenvalue weighted by atomic mass is 9.96. The standard InChI is InChI=1S/C29H32FN5O4/c1-6-38-26(36)22-17-31-35-14-12-24(33-25(22)35)34-13-11-20-16-29(20,34)23-15-21(30)10-9-19(23)8-7-18(2)32-27(37)39-28(3,4)5/h9-10,12,14-15,17-18,20H,6,11,13,16H2,1-5H3,(H,32,37). The molecule has 3 atom stereocenters. The topological polar surface area (TPSA) is 98.1 Å². The van der Waals surface area contributed by atoms with Gasteiger partial charge in [0.25, 0.3) is 0 Å². The molecular weight excluding hydrogens is 501 g/mol. The number of nitrogens with one attached hydrogen (secondary N) is 1. The molecule has 39 heavy (non-hydrogen) atoms. The summed E-state index contributed by atoms with van der Waals surface area (Å²) >= 11 is 0. The van der Waals surface area contributed by atoms with Crippen molar-refractivity contribution in [2.24, 2.45) is 5.92 Å². The minimum Gasteiger partial charge on any atom is -0.462 e. The Balaban J connectivity index is 1.46. The molecule has 204 valence electrons. The zero-order valence-electron chi connectivity index (χ0n) is 22.7. The zero-order valence-corrected chi connectivity index (χ0v) is 22.7. The van der Waals surface area contributed by atoms with Crippen LogP contribution in [0.1, 0.15) is 68.9 Å². The van der Waals surface area contributed by atoms with Crippen molar-refractivity contribution in [1.29, 1.82) is 0 Å². The van der Waals surface area contributed by atoms with Gasteiger partial charge in [-0.05, 0) is 83.2 Å². The fraction of sp³-hybridized carbons (Fsp3) is 0.448. The van der Waals surface area contributed by atoms with Gasteiger partial charge in [0.1, 0.15) is 22.8 Å². The molecule has 5 rings (SSSR count). The van der Waals surface area contributed by atoms with Gasteiger partial charge < -0.3 is 19.7 Å². The van der Waals surface area contributed by atoms with Gasteiger partial charge in [-0.25, -0.2) is 23.5 Å². The second-order valence-electron chi connectivity index (χ2n) is 10.9. The highest BCUT2D eigenvalue weighted by molar-refractivity contribution is 5.95. The molecule has 1 aliphatic heterocycles. The van der Waals surface area contributed by atoms with Gasteiger partial charge >= 0.3 is 12.1 Å². The molecule has 2 aromatic heterocycles. The van der Waals surface area contributed by atoms with Crippen LogP contribution in [0, 0.1) is 23.6 Å². The first-order valence-electron chi connectivity index (χ1n) is 13.1. The second kappa shape index (κ2) is 9.88. The molecule has 3 aromatic rings. The second-order valence-corrected chi connectivity index (χ2v) is 10.9. The molecule has 9 nitrogen and oxygen atoms in total. The number of carbonyl (C=O) groups excluding carboxylic acids is 2. The Labute approximate surface area is 226 Å². The maximum atomic E-state index is 14.6. The number of carbonyl (C=O) groups is 2. The molecule has 1 aromatic carbocycles. The third kappa shape index (κ3) is 5.13. The lowest BCUT2D eigenvalue weighted by molar-refractivity contribution is 0.0512. The molecule has 1 saturated carbocycles. The SMILES string of the molecule is CCOC(=O)c1cnn2ccc(N3CCC4CC43c3cc(F)ccc3C#CC(C)NC(=O)OC(C)(C)C)nc12. The third-order valence-corrected chi connectivity index (χ3v) is 6.99. The summed E-state index contributed by atoms with van der Waals surface area (Å²) < 4.78 is 26.6. The molecule has 3 unspecified atom stereocenters. The number of amides is 1. The number of anilines is 1. The Morgan fingerprint density at radius 1 is 1.31 bits per heavy atom. The normalized spacial score (nSPS) is 20.6. The first-order valence-corrected chi connectivity index (χ1v) is 13.1. The molecule has 0 radical (unpaired) electrons. The number of piperidine rings is 1. The molecule has 1 aliphatic carbocycles. The van der Waals surface area contributed by atoms with Crippen molar-refractivity contribution in [2.45, 2.75) is 64.6 Å². The summed E-state index contributed by atoms with van der Waals surface area (Å²) in [4.78, 5) is 31.5. The van der Waals surface area contributed by atoms with Gasteiger partial charge in [0.05, 0.1) is 24.4 Å². The number of ether oxygens (including phenoxy) is 2. The molecular formula is C29H32FN5O4. The van der Waals surface area contributed by atoms with Crippen molar-refractivity contribution in [3.63, 3.8) is 0 Å². The van der Waals surface area contributed by atoms with Gasteiger partial charge in [-0.2, -0.15) is 5.10 Å². The van der Waals surface area contributed by atoms with Crippen molar-refractivity contribution >= 4 is 23.5 Å². The van der Waals surface area contributed by atoms with Gasteiger partial charge in [0, 0.05) is 18.3 Å².